The maximum absolute atomic E-state index is 12.7. The molecule has 1 aliphatic heterocycles. The Morgan fingerprint density at radius 2 is 1.77 bits per heavy atom. The summed E-state index contributed by atoms with van der Waals surface area (Å²) in [5.74, 6) is 0.360. The van der Waals surface area contributed by atoms with E-state index in [9.17, 15) is 14.4 Å². The molecule has 0 spiro atoms. The predicted molar refractivity (Wildman–Crippen MR) is 140 cm³/mol. The summed E-state index contributed by atoms with van der Waals surface area (Å²) < 4.78 is 6.79. The lowest BCUT2D eigenvalue weighted by Crippen LogP contribution is -2.41. The highest BCUT2D eigenvalue weighted by Crippen LogP contribution is 2.21. The molecule has 1 aromatic heterocycles. The number of nitrogen functional groups attached to an aromatic ring is 1. The molecule has 0 bridgehead atoms. The number of rotatable bonds is 10. The van der Waals surface area contributed by atoms with E-state index in [1.165, 1.54) is 4.57 Å². The molecule has 1 fully saturated rings. The third-order valence-corrected chi connectivity index (χ3v) is 5.80. The Kier molecular flexibility index (Phi) is 8.97. The number of morpholine rings is 1. The molecule has 1 aromatic carbocycles. The lowest BCUT2D eigenvalue weighted by atomic mass is 10.1. The Bertz CT molecular complexity index is 1100. The normalized spacial score (nSPS) is 13.9. The molecule has 0 unspecified atom stereocenters. The fraction of sp³-hybridized carbons (Fsp3) is 0.560. The second kappa shape index (κ2) is 11.9. The van der Waals surface area contributed by atoms with Crippen molar-refractivity contribution in [3.63, 3.8) is 0 Å². The maximum Gasteiger partial charge on any atom is 0.330 e. The van der Waals surface area contributed by atoms with Gasteiger partial charge in [0.2, 0.25) is 5.91 Å². The molecule has 35 heavy (non-hydrogen) atoms. The van der Waals surface area contributed by atoms with Crippen LogP contribution in [0.4, 0.5) is 22.9 Å². The molecule has 10 nitrogen and oxygen atoms in total. The van der Waals surface area contributed by atoms with Crippen LogP contribution < -0.4 is 32.1 Å². The molecule has 1 saturated heterocycles. The number of nitrogens with two attached hydrogens (primary N) is 1. The first-order chi connectivity index (χ1) is 16.7. The van der Waals surface area contributed by atoms with Gasteiger partial charge >= 0.3 is 5.69 Å². The summed E-state index contributed by atoms with van der Waals surface area (Å²) in [5, 5.41) is 2.93. The van der Waals surface area contributed by atoms with Crippen molar-refractivity contribution in [2.45, 2.75) is 40.7 Å². The number of benzene rings is 1. The second-order valence-corrected chi connectivity index (χ2v) is 9.78. The van der Waals surface area contributed by atoms with Crippen molar-refractivity contribution in [2.75, 3.05) is 60.2 Å². The van der Waals surface area contributed by atoms with Crippen LogP contribution in [0.3, 0.4) is 0 Å². The van der Waals surface area contributed by atoms with Gasteiger partial charge in [-0.25, -0.2) is 4.79 Å². The van der Waals surface area contributed by atoms with Gasteiger partial charge in [0.05, 0.1) is 13.2 Å². The summed E-state index contributed by atoms with van der Waals surface area (Å²) >= 11 is 0. The number of carbonyl (C=O) groups excluding carboxylic acids is 1. The van der Waals surface area contributed by atoms with Gasteiger partial charge in [-0.1, -0.05) is 27.7 Å². The van der Waals surface area contributed by atoms with Crippen molar-refractivity contribution >= 4 is 28.8 Å². The number of carbonyl (C=O) groups is 1. The average molecular weight is 487 g/mol. The van der Waals surface area contributed by atoms with Crippen LogP contribution in [0.5, 0.6) is 0 Å². The van der Waals surface area contributed by atoms with Gasteiger partial charge in [-0.15, -0.1) is 0 Å². The highest BCUT2D eigenvalue weighted by Gasteiger charge is 2.21. The van der Waals surface area contributed by atoms with Crippen LogP contribution in [0.25, 0.3) is 0 Å². The van der Waals surface area contributed by atoms with E-state index in [1.807, 2.05) is 52.0 Å². The number of hydrogen-bond acceptors (Lipinski definition) is 7. The third-order valence-electron chi connectivity index (χ3n) is 5.80. The first kappa shape index (κ1) is 26.3. The van der Waals surface area contributed by atoms with E-state index >= 15 is 0 Å². The van der Waals surface area contributed by atoms with E-state index in [0.29, 0.717) is 38.5 Å². The lowest BCUT2D eigenvalue weighted by Gasteiger charge is -2.29. The highest BCUT2D eigenvalue weighted by atomic mass is 16.5. The van der Waals surface area contributed by atoms with E-state index in [2.05, 4.69) is 15.2 Å². The quantitative estimate of drug-likeness (QED) is 0.470. The SMILES string of the molecule is CC(C)CN(CCC(=O)Nc1ccc(N2CCOCC2)cc1)c1c(N)n(CC(C)C)c(=O)[nH]c1=O. The smallest absolute Gasteiger partial charge is 0.330 e. The zero-order valence-corrected chi connectivity index (χ0v) is 21.2. The number of anilines is 4. The first-order valence-corrected chi connectivity index (χ1v) is 12.3. The fourth-order valence-electron chi connectivity index (χ4n) is 4.20. The standard InChI is InChI=1S/C25H38N6O4/c1-17(2)15-30(22-23(26)31(16-18(3)4)25(34)28-24(22)33)10-9-21(32)27-19-5-7-20(8-6-19)29-11-13-35-14-12-29/h5-8,17-18H,9-16,26H2,1-4H3,(H,27,32)(H,28,33,34). The Hall–Kier alpha value is -3.27. The molecule has 0 saturated carbocycles. The van der Waals surface area contributed by atoms with Crippen molar-refractivity contribution < 1.29 is 9.53 Å². The minimum atomic E-state index is -0.535. The molecular formula is C25H38N6O4. The maximum atomic E-state index is 12.7. The van der Waals surface area contributed by atoms with E-state index < -0.39 is 11.2 Å². The topological polar surface area (TPSA) is 126 Å². The van der Waals surface area contributed by atoms with Crippen LogP contribution >= 0.6 is 0 Å². The van der Waals surface area contributed by atoms with E-state index in [0.717, 1.165) is 18.8 Å². The number of nitrogens with one attached hydrogen (secondary N) is 2. The van der Waals surface area contributed by atoms with E-state index in [-0.39, 0.29) is 35.7 Å². The molecule has 2 heterocycles. The van der Waals surface area contributed by atoms with Gasteiger partial charge in [-0.2, -0.15) is 0 Å². The third kappa shape index (κ3) is 7.11. The lowest BCUT2D eigenvalue weighted by molar-refractivity contribution is -0.116. The number of hydrogen-bond donors (Lipinski definition) is 3. The van der Waals surface area contributed by atoms with E-state index in [1.54, 1.807) is 4.90 Å². The van der Waals surface area contributed by atoms with Gasteiger partial charge in [0.1, 0.15) is 11.5 Å². The van der Waals surface area contributed by atoms with Gasteiger partial charge in [-0.3, -0.25) is 19.1 Å². The number of amides is 1. The Balaban J connectivity index is 1.70. The van der Waals surface area contributed by atoms with E-state index in [4.69, 9.17) is 10.5 Å². The number of ether oxygens (including phenoxy) is 1. The average Bonchev–Trinajstić information content (AvgIpc) is 2.80. The predicted octanol–water partition coefficient (Wildman–Crippen LogP) is 2.10. The van der Waals surface area contributed by atoms with Crippen LogP contribution in [-0.4, -0.2) is 54.9 Å². The Morgan fingerprint density at radius 1 is 1.11 bits per heavy atom. The van der Waals surface area contributed by atoms with Crippen molar-refractivity contribution in [3.8, 4) is 0 Å². The number of aromatic amines is 1. The van der Waals surface area contributed by atoms with Crippen molar-refractivity contribution in [3.05, 3.63) is 45.1 Å². The zero-order valence-electron chi connectivity index (χ0n) is 21.2. The van der Waals surface area contributed by atoms with Gasteiger partial charge in [-0.05, 0) is 36.1 Å². The highest BCUT2D eigenvalue weighted by molar-refractivity contribution is 5.91. The largest absolute Gasteiger partial charge is 0.383 e. The van der Waals surface area contributed by atoms with Crippen LogP contribution in [0.2, 0.25) is 0 Å². The molecule has 2 aromatic rings. The summed E-state index contributed by atoms with van der Waals surface area (Å²) in [4.78, 5) is 44.2. The second-order valence-electron chi connectivity index (χ2n) is 9.78. The molecule has 192 valence electrons. The Labute approximate surface area is 206 Å². The van der Waals surface area contributed by atoms with Crippen LogP contribution in [0, 0.1) is 11.8 Å². The van der Waals surface area contributed by atoms with Gasteiger partial charge < -0.3 is 25.6 Å². The van der Waals surface area contributed by atoms with Crippen LogP contribution in [0.15, 0.2) is 33.9 Å². The molecule has 0 radical (unpaired) electrons. The van der Waals surface area contributed by atoms with Crippen molar-refractivity contribution in [1.29, 1.82) is 0 Å². The molecule has 0 aliphatic carbocycles. The number of nitrogens with zero attached hydrogens (tertiary/aromatic N) is 3. The van der Waals surface area contributed by atoms with Crippen LogP contribution in [-0.2, 0) is 16.1 Å². The van der Waals surface area contributed by atoms with Crippen LogP contribution in [0.1, 0.15) is 34.1 Å². The van der Waals surface area contributed by atoms with Gasteiger partial charge in [0, 0.05) is 50.5 Å². The summed E-state index contributed by atoms with van der Waals surface area (Å²) in [7, 11) is 0. The molecule has 0 atom stereocenters. The Morgan fingerprint density at radius 3 is 2.37 bits per heavy atom. The summed E-state index contributed by atoms with van der Waals surface area (Å²) in [6, 6.07) is 7.76. The van der Waals surface area contributed by atoms with Gasteiger partial charge in [0.25, 0.3) is 5.56 Å². The molecule has 10 heteroatoms. The summed E-state index contributed by atoms with van der Waals surface area (Å²) in [5.41, 5.74) is 7.30. The summed E-state index contributed by atoms with van der Waals surface area (Å²) in [6.07, 6.45) is 0.167. The van der Waals surface area contributed by atoms with Crippen molar-refractivity contribution in [1.82, 2.24) is 9.55 Å². The van der Waals surface area contributed by atoms with Crippen molar-refractivity contribution in [2.24, 2.45) is 11.8 Å². The molecular weight excluding hydrogens is 448 g/mol. The minimum Gasteiger partial charge on any atom is -0.383 e. The minimum absolute atomic E-state index is 0.132. The molecule has 3 rings (SSSR count). The monoisotopic (exact) mass is 486 g/mol. The molecule has 1 amide bonds. The molecule has 4 N–H and O–H groups in total. The number of aromatic nitrogens is 2. The summed E-state index contributed by atoms with van der Waals surface area (Å²) in [6.45, 7) is 12.3. The first-order valence-electron chi connectivity index (χ1n) is 12.3. The fourth-order valence-corrected chi connectivity index (χ4v) is 4.20. The van der Waals surface area contributed by atoms with Gasteiger partial charge in [0.15, 0.2) is 0 Å². The number of H-pyrrole nitrogens is 1. The molecule has 1 aliphatic rings. The zero-order chi connectivity index (χ0) is 25.5.